The number of benzene rings is 3. The highest BCUT2D eigenvalue weighted by molar-refractivity contribution is 6.31. The molecule has 29 heavy (non-hydrogen) atoms. The number of nitrogens with zero attached hydrogens (tertiary/aromatic N) is 1. The Morgan fingerprint density at radius 1 is 0.690 bits per heavy atom. The molecule has 2 aromatic heterocycles. The quantitative estimate of drug-likeness (QED) is 0.374. The van der Waals surface area contributed by atoms with Gasteiger partial charge in [-0.2, -0.15) is 0 Å². The van der Waals surface area contributed by atoms with Gasteiger partial charge in [0.05, 0.1) is 11.1 Å². The molecule has 0 bridgehead atoms. The van der Waals surface area contributed by atoms with E-state index in [0.717, 1.165) is 27.4 Å². The minimum atomic E-state index is -0.0818. The number of carbonyl (C=O) groups excluding carboxylic acids is 2. The molecule has 6 rings (SSSR count). The average molecular weight is 373 g/mol. The summed E-state index contributed by atoms with van der Waals surface area (Å²) in [5.74, 6) is -0.0989. The standard InChI is InChI=1S/C26H15NO2/c28-25(17-9-2-1-3-10-17)24-21-19-12-6-7-13-20(19)26(29)22(21)23-18-11-5-4-8-16(18)14-15-27(23)24/h1-15H. The first kappa shape index (κ1) is 16.0. The lowest BCUT2D eigenvalue weighted by Gasteiger charge is -2.09. The highest BCUT2D eigenvalue weighted by Crippen LogP contribution is 2.45. The molecular formula is C26H15NO2. The fourth-order valence-corrected chi connectivity index (χ4v) is 4.48. The second kappa shape index (κ2) is 5.76. The molecule has 0 saturated carbocycles. The molecule has 0 atom stereocenters. The van der Waals surface area contributed by atoms with Gasteiger partial charge < -0.3 is 4.40 Å². The summed E-state index contributed by atoms with van der Waals surface area (Å²) in [6.07, 6.45) is 1.90. The maximum absolute atomic E-state index is 13.6. The second-order valence-corrected chi connectivity index (χ2v) is 7.29. The molecule has 5 aromatic rings. The molecular weight excluding hydrogens is 358 g/mol. The molecule has 3 heteroatoms. The molecule has 0 amide bonds. The summed E-state index contributed by atoms with van der Waals surface area (Å²) in [6.45, 7) is 0. The van der Waals surface area contributed by atoms with Crippen molar-refractivity contribution in [3.8, 4) is 11.1 Å². The summed E-state index contributed by atoms with van der Waals surface area (Å²) in [6, 6.07) is 26.8. The van der Waals surface area contributed by atoms with Crippen LogP contribution in [-0.4, -0.2) is 16.0 Å². The summed E-state index contributed by atoms with van der Waals surface area (Å²) in [7, 11) is 0. The van der Waals surface area contributed by atoms with Crippen molar-refractivity contribution in [2.75, 3.05) is 0 Å². The highest BCUT2D eigenvalue weighted by atomic mass is 16.1. The Balaban J connectivity index is 1.81. The van der Waals surface area contributed by atoms with Crippen LogP contribution in [0.2, 0.25) is 0 Å². The van der Waals surface area contributed by atoms with E-state index in [-0.39, 0.29) is 11.6 Å². The van der Waals surface area contributed by atoms with E-state index in [1.165, 1.54) is 0 Å². The van der Waals surface area contributed by atoms with Crippen molar-refractivity contribution < 1.29 is 9.59 Å². The smallest absolute Gasteiger partial charge is 0.210 e. The van der Waals surface area contributed by atoms with Crippen LogP contribution < -0.4 is 0 Å². The molecule has 0 unspecified atom stereocenters. The molecule has 1 aliphatic carbocycles. The van der Waals surface area contributed by atoms with Crippen molar-refractivity contribution in [3.05, 3.63) is 114 Å². The van der Waals surface area contributed by atoms with Crippen LogP contribution in [0, 0.1) is 0 Å². The maximum Gasteiger partial charge on any atom is 0.210 e. The Morgan fingerprint density at radius 2 is 1.38 bits per heavy atom. The van der Waals surface area contributed by atoms with Gasteiger partial charge in [-0.15, -0.1) is 0 Å². The lowest BCUT2D eigenvalue weighted by Crippen LogP contribution is -2.07. The summed E-state index contributed by atoms with van der Waals surface area (Å²) in [5.41, 5.74) is 4.83. The van der Waals surface area contributed by atoms with Gasteiger partial charge in [-0.25, -0.2) is 0 Å². The van der Waals surface area contributed by atoms with Gasteiger partial charge in [-0.1, -0.05) is 78.9 Å². The van der Waals surface area contributed by atoms with Gasteiger partial charge in [0.2, 0.25) is 5.78 Å². The van der Waals surface area contributed by atoms with Crippen molar-refractivity contribution in [2.45, 2.75) is 0 Å². The SMILES string of the molecule is O=C1c2ccccc2-c2c1c1c3ccccc3ccn1c2C(=O)c1ccccc1. The molecule has 0 N–H and O–H groups in total. The lowest BCUT2D eigenvalue weighted by atomic mass is 10.0. The van der Waals surface area contributed by atoms with Crippen LogP contribution in [0.15, 0.2) is 91.1 Å². The van der Waals surface area contributed by atoms with E-state index in [1.54, 1.807) is 0 Å². The van der Waals surface area contributed by atoms with Crippen LogP contribution in [0.25, 0.3) is 27.4 Å². The fraction of sp³-hybridized carbons (Fsp3) is 0. The van der Waals surface area contributed by atoms with Gasteiger partial charge in [-0.3, -0.25) is 9.59 Å². The number of pyridine rings is 1. The van der Waals surface area contributed by atoms with Gasteiger partial charge >= 0.3 is 0 Å². The number of hydrogen-bond donors (Lipinski definition) is 0. The van der Waals surface area contributed by atoms with Gasteiger partial charge in [-0.05, 0) is 17.0 Å². The minimum Gasteiger partial charge on any atom is -0.312 e. The van der Waals surface area contributed by atoms with Crippen LogP contribution >= 0.6 is 0 Å². The van der Waals surface area contributed by atoms with E-state index in [9.17, 15) is 9.59 Å². The average Bonchev–Trinajstić information content (AvgIpc) is 3.27. The van der Waals surface area contributed by atoms with Crippen LogP contribution in [0.4, 0.5) is 0 Å². The molecule has 0 fully saturated rings. The maximum atomic E-state index is 13.6. The molecule has 3 nitrogen and oxygen atoms in total. The third kappa shape index (κ3) is 2.07. The van der Waals surface area contributed by atoms with Crippen molar-refractivity contribution in [1.29, 1.82) is 0 Å². The molecule has 136 valence electrons. The molecule has 3 aromatic carbocycles. The van der Waals surface area contributed by atoms with Crippen LogP contribution in [-0.2, 0) is 0 Å². The summed E-state index contributed by atoms with van der Waals surface area (Å²) in [4.78, 5) is 27.0. The zero-order valence-electron chi connectivity index (χ0n) is 15.4. The molecule has 0 aliphatic heterocycles. The monoisotopic (exact) mass is 373 g/mol. The zero-order valence-corrected chi connectivity index (χ0v) is 15.4. The Hall–Kier alpha value is -3.98. The first-order valence-corrected chi connectivity index (χ1v) is 9.55. The third-order valence-electron chi connectivity index (χ3n) is 5.74. The molecule has 0 radical (unpaired) electrons. The van der Waals surface area contributed by atoms with Gasteiger partial charge in [0.1, 0.15) is 5.69 Å². The third-order valence-corrected chi connectivity index (χ3v) is 5.74. The fourth-order valence-electron chi connectivity index (χ4n) is 4.48. The summed E-state index contributed by atoms with van der Waals surface area (Å²) >= 11 is 0. The number of rotatable bonds is 2. The molecule has 2 heterocycles. The van der Waals surface area contributed by atoms with Gasteiger partial charge in [0.15, 0.2) is 5.78 Å². The minimum absolute atomic E-state index is 0.0171. The Kier molecular flexibility index (Phi) is 3.18. The predicted octanol–water partition coefficient (Wildman–Crippen LogP) is 5.53. The van der Waals surface area contributed by atoms with E-state index in [0.29, 0.717) is 22.4 Å². The van der Waals surface area contributed by atoms with Gasteiger partial charge in [0.25, 0.3) is 0 Å². The Morgan fingerprint density at radius 3 is 2.21 bits per heavy atom. The first-order valence-electron chi connectivity index (χ1n) is 9.55. The van der Waals surface area contributed by atoms with E-state index in [4.69, 9.17) is 0 Å². The number of carbonyl (C=O) groups is 2. The van der Waals surface area contributed by atoms with Crippen LogP contribution in [0.1, 0.15) is 32.0 Å². The van der Waals surface area contributed by atoms with E-state index >= 15 is 0 Å². The highest BCUT2D eigenvalue weighted by Gasteiger charge is 2.36. The summed E-state index contributed by atoms with van der Waals surface area (Å²) < 4.78 is 1.90. The molecule has 1 aliphatic rings. The summed E-state index contributed by atoms with van der Waals surface area (Å²) in [5, 5.41) is 2.02. The number of ketones is 2. The van der Waals surface area contributed by atoms with Crippen LogP contribution in [0.3, 0.4) is 0 Å². The van der Waals surface area contributed by atoms with Crippen LogP contribution in [0.5, 0.6) is 0 Å². The number of hydrogen-bond acceptors (Lipinski definition) is 2. The van der Waals surface area contributed by atoms with E-state index < -0.39 is 0 Å². The first-order chi connectivity index (χ1) is 14.3. The Bertz CT molecular complexity index is 1480. The van der Waals surface area contributed by atoms with Crippen molar-refractivity contribution in [3.63, 3.8) is 0 Å². The molecule has 0 spiro atoms. The lowest BCUT2D eigenvalue weighted by molar-refractivity contribution is 0.103. The van der Waals surface area contributed by atoms with Crippen molar-refractivity contribution >= 4 is 27.9 Å². The largest absolute Gasteiger partial charge is 0.312 e. The van der Waals surface area contributed by atoms with E-state index in [2.05, 4.69) is 0 Å². The zero-order chi connectivity index (χ0) is 19.5. The Labute approximate surface area is 166 Å². The normalized spacial score (nSPS) is 12.3. The van der Waals surface area contributed by atoms with Gasteiger partial charge in [0, 0.05) is 28.3 Å². The number of aromatic nitrogens is 1. The van der Waals surface area contributed by atoms with Crippen molar-refractivity contribution in [2.24, 2.45) is 0 Å². The second-order valence-electron chi connectivity index (χ2n) is 7.29. The predicted molar refractivity (Wildman–Crippen MR) is 114 cm³/mol. The number of fused-ring (bicyclic) bond motifs is 7. The van der Waals surface area contributed by atoms with Crippen molar-refractivity contribution in [1.82, 2.24) is 4.40 Å². The van der Waals surface area contributed by atoms with E-state index in [1.807, 2.05) is 95.5 Å². The molecule has 0 saturated heterocycles. The topological polar surface area (TPSA) is 38.5 Å².